The number of hydrogen-bond donors (Lipinski definition) is 1. The number of hydrogen-bond acceptors (Lipinski definition) is 1. The van der Waals surface area contributed by atoms with Crippen LogP contribution in [0.2, 0.25) is 0 Å². The lowest BCUT2D eigenvalue weighted by Crippen LogP contribution is -2.29. The van der Waals surface area contributed by atoms with E-state index in [1.54, 1.807) is 0 Å². The van der Waals surface area contributed by atoms with E-state index in [9.17, 15) is 4.39 Å². The lowest BCUT2D eigenvalue weighted by atomic mass is 9.82. The number of halogens is 1. The highest BCUT2D eigenvalue weighted by atomic mass is 19.1. The molecule has 0 aliphatic rings. The van der Waals surface area contributed by atoms with E-state index in [-0.39, 0.29) is 17.3 Å². The molecule has 78 valence electrons. The Morgan fingerprint density at radius 1 is 1.14 bits per heavy atom. The molecule has 0 radical (unpaired) electrons. The number of nitrogens with one attached hydrogen (secondary N) is 1. The summed E-state index contributed by atoms with van der Waals surface area (Å²) in [6.07, 6.45) is 0. The normalized spacial score (nSPS) is 14.1. The molecule has 0 fully saturated rings. The first-order valence-electron chi connectivity index (χ1n) is 4.88. The van der Waals surface area contributed by atoms with Crippen molar-refractivity contribution >= 4 is 0 Å². The Kier molecular flexibility index (Phi) is 3.27. The molecular weight excluding hydrogens is 177 g/mol. The third-order valence-corrected chi connectivity index (χ3v) is 2.36. The average Bonchev–Trinajstić information content (AvgIpc) is 2.07. The van der Waals surface area contributed by atoms with Gasteiger partial charge in [-0.15, -0.1) is 0 Å². The Bertz CT molecular complexity index is 284. The summed E-state index contributed by atoms with van der Waals surface area (Å²) >= 11 is 0. The van der Waals surface area contributed by atoms with Gasteiger partial charge in [0, 0.05) is 6.04 Å². The van der Waals surface area contributed by atoms with Gasteiger partial charge in [-0.2, -0.15) is 0 Å². The highest BCUT2D eigenvalue weighted by Gasteiger charge is 2.24. The van der Waals surface area contributed by atoms with Crippen molar-refractivity contribution in [1.29, 1.82) is 0 Å². The van der Waals surface area contributed by atoms with Crippen LogP contribution in [0.3, 0.4) is 0 Å². The van der Waals surface area contributed by atoms with Gasteiger partial charge < -0.3 is 5.32 Å². The average molecular weight is 195 g/mol. The molecule has 1 nitrogen and oxygen atoms in total. The monoisotopic (exact) mass is 195 g/mol. The highest BCUT2D eigenvalue weighted by molar-refractivity contribution is 5.21. The molecule has 0 aliphatic heterocycles. The van der Waals surface area contributed by atoms with Crippen molar-refractivity contribution in [3.63, 3.8) is 0 Å². The number of benzene rings is 1. The van der Waals surface area contributed by atoms with Crippen molar-refractivity contribution in [3.8, 4) is 0 Å². The second kappa shape index (κ2) is 4.09. The second-order valence-electron chi connectivity index (χ2n) is 4.64. The van der Waals surface area contributed by atoms with Gasteiger partial charge in [-0.25, -0.2) is 4.39 Å². The first kappa shape index (κ1) is 11.2. The van der Waals surface area contributed by atoms with Crippen LogP contribution in [0.4, 0.5) is 4.39 Å². The largest absolute Gasteiger partial charge is 0.313 e. The zero-order valence-corrected chi connectivity index (χ0v) is 9.26. The molecule has 1 unspecified atom stereocenters. The summed E-state index contributed by atoms with van der Waals surface area (Å²) in [5.74, 6) is -0.183. The van der Waals surface area contributed by atoms with Gasteiger partial charge in [0.25, 0.3) is 0 Å². The van der Waals surface area contributed by atoms with E-state index in [4.69, 9.17) is 0 Å². The topological polar surface area (TPSA) is 12.0 Å². The predicted octanol–water partition coefficient (Wildman–Crippen LogP) is 3.13. The van der Waals surface area contributed by atoms with Gasteiger partial charge in [-0.05, 0) is 30.2 Å². The molecule has 14 heavy (non-hydrogen) atoms. The van der Waals surface area contributed by atoms with E-state index >= 15 is 0 Å². The van der Waals surface area contributed by atoms with Crippen molar-refractivity contribution in [1.82, 2.24) is 5.32 Å². The fourth-order valence-electron chi connectivity index (χ4n) is 1.75. The quantitative estimate of drug-likeness (QED) is 0.764. The smallest absolute Gasteiger partial charge is 0.123 e. The summed E-state index contributed by atoms with van der Waals surface area (Å²) in [6, 6.07) is 6.93. The van der Waals surface area contributed by atoms with Crippen molar-refractivity contribution < 1.29 is 4.39 Å². The van der Waals surface area contributed by atoms with E-state index in [0.717, 1.165) is 5.56 Å². The maximum atomic E-state index is 12.7. The first-order chi connectivity index (χ1) is 6.45. The van der Waals surface area contributed by atoms with Gasteiger partial charge in [0.15, 0.2) is 0 Å². The van der Waals surface area contributed by atoms with Gasteiger partial charge in [0.05, 0.1) is 0 Å². The molecule has 1 N–H and O–H groups in total. The third kappa shape index (κ3) is 2.55. The molecule has 0 heterocycles. The van der Waals surface area contributed by atoms with E-state index in [2.05, 4.69) is 26.1 Å². The van der Waals surface area contributed by atoms with Crippen LogP contribution in [0.25, 0.3) is 0 Å². The van der Waals surface area contributed by atoms with Gasteiger partial charge in [0.1, 0.15) is 5.82 Å². The molecule has 0 bridgehead atoms. The Morgan fingerprint density at radius 3 is 2.00 bits per heavy atom. The fourth-order valence-corrected chi connectivity index (χ4v) is 1.75. The lowest BCUT2D eigenvalue weighted by molar-refractivity contribution is 0.287. The van der Waals surface area contributed by atoms with Crippen LogP contribution in [0.1, 0.15) is 32.4 Å². The molecule has 1 atom stereocenters. The molecule has 0 aromatic heterocycles. The third-order valence-electron chi connectivity index (χ3n) is 2.36. The minimum atomic E-state index is -0.183. The minimum Gasteiger partial charge on any atom is -0.313 e. The Morgan fingerprint density at radius 2 is 1.64 bits per heavy atom. The van der Waals surface area contributed by atoms with Crippen molar-refractivity contribution in [2.24, 2.45) is 5.41 Å². The molecule has 1 rings (SSSR count). The molecule has 0 saturated carbocycles. The Balaban J connectivity index is 2.96. The van der Waals surface area contributed by atoms with Gasteiger partial charge in [0.2, 0.25) is 0 Å². The molecule has 0 amide bonds. The SMILES string of the molecule is CNC(c1ccc(F)cc1)C(C)(C)C. The highest BCUT2D eigenvalue weighted by Crippen LogP contribution is 2.32. The summed E-state index contributed by atoms with van der Waals surface area (Å²) < 4.78 is 12.7. The standard InChI is InChI=1S/C12H18FN/c1-12(2,3)11(14-4)9-5-7-10(13)8-6-9/h5-8,11,14H,1-4H3. The van der Waals surface area contributed by atoms with E-state index in [1.165, 1.54) is 12.1 Å². The van der Waals surface area contributed by atoms with Gasteiger partial charge in [-0.3, -0.25) is 0 Å². The van der Waals surface area contributed by atoms with Crippen LogP contribution < -0.4 is 5.32 Å². The first-order valence-corrected chi connectivity index (χ1v) is 4.88. The Labute approximate surface area is 85.3 Å². The summed E-state index contributed by atoms with van der Waals surface area (Å²) in [5, 5.41) is 3.26. The maximum Gasteiger partial charge on any atom is 0.123 e. The van der Waals surface area contributed by atoms with Crippen LogP contribution in [0.15, 0.2) is 24.3 Å². The lowest BCUT2D eigenvalue weighted by Gasteiger charge is -2.30. The van der Waals surface area contributed by atoms with Crippen LogP contribution in [0, 0.1) is 11.2 Å². The summed E-state index contributed by atoms with van der Waals surface area (Å²) in [4.78, 5) is 0. The van der Waals surface area contributed by atoms with E-state index < -0.39 is 0 Å². The summed E-state index contributed by atoms with van der Waals surface area (Å²) in [5.41, 5.74) is 1.26. The van der Waals surface area contributed by atoms with Crippen molar-refractivity contribution in [3.05, 3.63) is 35.6 Å². The molecule has 1 aromatic carbocycles. The molecule has 1 aromatic rings. The second-order valence-corrected chi connectivity index (χ2v) is 4.64. The van der Waals surface area contributed by atoms with Gasteiger partial charge >= 0.3 is 0 Å². The van der Waals surface area contributed by atoms with E-state index in [1.807, 2.05) is 19.2 Å². The predicted molar refractivity (Wildman–Crippen MR) is 57.7 cm³/mol. The summed E-state index contributed by atoms with van der Waals surface area (Å²) in [7, 11) is 1.93. The molecular formula is C12H18FN. The van der Waals surface area contributed by atoms with Crippen molar-refractivity contribution in [2.45, 2.75) is 26.8 Å². The van der Waals surface area contributed by atoms with Crippen LogP contribution in [-0.2, 0) is 0 Å². The van der Waals surface area contributed by atoms with Crippen molar-refractivity contribution in [2.75, 3.05) is 7.05 Å². The van der Waals surface area contributed by atoms with Crippen LogP contribution in [0.5, 0.6) is 0 Å². The maximum absolute atomic E-state index is 12.7. The fraction of sp³-hybridized carbons (Fsp3) is 0.500. The number of rotatable bonds is 2. The molecule has 0 spiro atoms. The molecule has 0 aliphatic carbocycles. The zero-order valence-electron chi connectivity index (χ0n) is 9.26. The molecule has 2 heteroatoms. The molecule has 0 saturated heterocycles. The van der Waals surface area contributed by atoms with Gasteiger partial charge in [-0.1, -0.05) is 32.9 Å². The van der Waals surface area contributed by atoms with E-state index in [0.29, 0.717) is 0 Å². The Hall–Kier alpha value is -0.890. The van der Waals surface area contributed by atoms with Crippen LogP contribution in [-0.4, -0.2) is 7.05 Å². The zero-order chi connectivity index (χ0) is 10.8. The minimum absolute atomic E-state index is 0.132. The summed E-state index contributed by atoms with van der Waals surface area (Å²) in [6.45, 7) is 6.49. The van der Waals surface area contributed by atoms with Crippen LogP contribution >= 0.6 is 0 Å².